The second-order valence-electron chi connectivity index (χ2n) is 7.57. The number of pyridine rings is 1. The maximum atomic E-state index is 12.8. The molecule has 0 aliphatic rings. The van der Waals surface area contributed by atoms with Crippen molar-refractivity contribution >= 4 is 20.7 Å². The third-order valence-electron chi connectivity index (χ3n) is 5.09. The van der Waals surface area contributed by atoms with Gasteiger partial charge in [-0.15, -0.1) is 0 Å². The lowest BCUT2D eigenvalue weighted by Gasteiger charge is -2.13. The molecule has 0 unspecified atom stereocenters. The lowest BCUT2D eigenvalue weighted by Crippen LogP contribution is -2.04. The standard InChI is InChI=1S/C25H23NO2S/c1-18(2)22-15-21-10-7-13-26-25(21)24(16-22)20-9-6-8-19(14-20)17-29(27,28)23-11-4-3-5-12-23/h3-16,18H,17H2,1-2H3. The number of hydrogen-bond acceptors (Lipinski definition) is 3. The predicted octanol–water partition coefficient (Wildman–Crippen LogP) is 6.00. The van der Waals surface area contributed by atoms with Crippen LogP contribution in [0.25, 0.3) is 22.0 Å². The summed E-state index contributed by atoms with van der Waals surface area (Å²) in [5.74, 6) is 0.361. The third-order valence-corrected chi connectivity index (χ3v) is 6.79. The van der Waals surface area contributed by atoms with Crippen molar-refractivity contribution in [3.8, 4) is 11.1 Å². The van der Waals surface area contributed by atoms with E-state index in [0.29, 0.717) is 10.8 Å². The average Bonchev–Trinajstić information content (AvgIpc) is 2.73. The normalized spacial score (nSPS) is 11.8. The Bertz CT molecular complexity index is 1260. The fourth-order valence-electron chi connectivity index (χ4n) is 3.53. The van der Waals surface area contributed by atoms with E-state index >= 15 is 0 Å². The molecule has 0 saturated carbocycles. The Kier molecular flexibility index (Phi) is 5.20. The Balaban J connectivity index is 1.79. The summed E-state index contributed by atoms with van der Waals surface area (Å²) in [6, 6.07) is 24.7. The molecule has 4 rings (SSSR count). The van der Waals surface area contributed by atoms with E-state index in [9.17, 15) is 8.42 Å². The zero-order valence-corrected chi connectivity index (χ0v) is 17.4. The lowest BCUT2D eigenvalue weighted by atomic mass is 9.93. The van der Waals surface area contributed by atoms with Crippen LogP contribution in [0.15, 0.2) is 90.0 Å². The van der Waals surface area contributed by atoms with Crippen LogP contribution in [0.1, 0.15) is 30.9 Å². The summed E-state index contributed by atoms with van der Waals surface area (Å²) in [4.78, 5) is 4.94. The summed E-state index contributed by atoms with van der Waals surface area (Å²) in [6.45, 7) is 4.34. The molecule has 146 valence electrons. The number of fused-ring (bicyclic) bond motifs is 1. The van der Waals surface area contributed by atoms with Gasteiger partial charge in [-0.3, -0.25) is 4.98 Å². The van der Waals surface area contributed by atoms with Crippen molar-refractivity contribution in [2.75, 3.05) is 0 Å². The predicted molar refractivity (Wildman–Crippen MR) is 119 cm³/mol. The zero-order chi connectivity index (χ0) is 20.4. The van der Waals surface area contributed by atoms with E-state index in [1.165, 1.54) is 5.56 Å². The van der Waals surface area contributed by atoms with Gasteiger partial charge in [0.25, 0.3) is 0 Å². The smallest absolute Gasteiger partial charge is 0.182 e. The average molecular weight is 402 g/mol. The number of rotatable bonds is 5. The Hall–Kier alpha value is -2.98. The molecule has 4 aromatic rings. The van der Waals surface area contributed by atoms with Gasteiger partial charge in [-0.05, 0) is 52.9 Å². The minimum absolute atomic E-state index is 0.0277. The fraction of sp³-hybridized carbons (Fsp3) is 0.160. The first-order valence-corrected chi connectivity index (χ1v) is 11.3. The van der Waals surface area contributed by atoms with Gasteiger partial charge in [-0.2, -0.15) is 0 Å². The van der Waals surface area contributed by atoms with Crippen molar-refractivity contribution in [3.63, 3.8) is 0 Å². The molecule has 29 heavy (non-hydrogen) atoms. The Morgan fingerprint density at radius 2 is 1.66 bits per heavy atom. The molecule has 0 N–H and O–H groups in total. The minimum atomic E-state index is -3.39. The van der Waals surface area contributed by atoms with Gasteiger partial charge in [0, 0.05) is 17.1 Å². The topological polar surface area (TPSA) is 47.0 Å². The van der Waals surface area contributed by atoms with Crippen LogP contribution in [0.5, 0.6) is 0 Å². The third kappa shape index (κ3) is 4.08. The van der Waals surface area contributed by atoms with Crippen molar-refractivity contribution in [3.05, 3.63) is 96.2 Å². The molecule has 3 aromatic carbocycles. The van der Waals surface area contributed by atoms with Crippen molar-refractivity contribution in [2.24, 2.45) is 0 Å². The summed E-state index contributed by atoms with van der Waals surface area (Å²) >= 11 is 0. The summed E-state index contributed by atoms with van der Waals surface area (Å²) in [7, 11) is -3.39. The van der Waals surface area contributed by atoms with Crippen LogP contribution in [0.3, 0.4) is 0 Å². The van der Waals surface area contributed by atoms with Crippen LogP contribution in [-0.2, 0) is 15.6 Å². The number of aromatic nitrogens is 1. The van der Waals surface area contributed by atoms with Crippen molar-refractivity contribution < 1.29 is 8.42 Å². The Labute approximate surface area is 172 Å². The number of benzene rings is 3. The van der Waals surface area contributed by atoms with Crippen LogP contribution in [-0.4, -0.2) is 13.4 Å². The van der Waals surface area contributed by atoms with Gasteiger partial charge in [0.05, 0.1) is 16.2 Å². The molecule has 0 aliphatic carbocycles. The van der Waals surface area contributed by atoms with Crippen molar-refractivity contribution in [1.29, 1.82) is 0 Å². The highest BCUT2D eigenvalue weighted by atomic mass is 32.2. The van der Waals surface area contributed by atoms with Gasteiger partial charge in [0.2, 0.25) is 0 Å². The first-order valence-electron chi connectivity index (χ1n) is 9.70. The van der Waals surface area contributed by atoms with Crippen LogP contribution in [0.2, 0.25) is 0 Å². The summed E-state index contributed by atoms with van der Waals surface area (Å²) in [5.41, 5.74) is 4.95. The highest BCUT2D eigenvalue weighted by Gasteiger charge is 2.16. The zero-order valence-electron chi connectivity index (χ0n) is 16.5. The van der Waals surface area contributed by atoms with Crippen LogP contribution in [0, 0.1) is 0 Å². The molecule has 0 aliphatic heterocycles. The first kappa shape index (κ1) is 19.3. The molecule has 0 spiro atoms. The number of hydrogen-bond donors (Lipinski definition) is 0. The molecule has 0 amide bonds. The molecular weight excluding hydrogens is 378 g/mol. The molecule has 0 radical (unpaired) electrons. The SMILES string of the molecule is CC(C)c1cc(-c2cccc(CS(=O)(=O)c3ccccc3)c2)c2ncccc2c1. The van der Waals surface area contributed by atoms with Gasteiger partial charge in [-0.1, -0.05) is 62.4 Å². The van der Waals surface area contributed by atoms with Gasteiger partial charge in [0.1, 0.15) is 0 Å². The quantitative estimate of drug-likeness (QED) is 0.412. The van der Waals surface area contributed by atoms with E-state index in [1.54, 1.807) is 30.5 Å². The van der Waals surface area contributed by atoms with Crippen molar-refractivity contribution in [1.82, 2.24) is 4.98 Å². The van der Waals surface area contributed by atoms with E-state index < -0.39 is 9.84 Å². The summed E-state index contributed by atoms with van der Waals surface area (Å²) in [6.07, 6.45) is 1.80. The van der Waals surface area contributed by atoms with Crippen LogP contribution >= 0.6 is 0 Å². The Morgan fingerprint density at radius 3 is 2.41 bits per heavy atom. The lowest BCUT2D eigenvalue weighted by molar-refractivity contribution is 0.595. The summed E-state index contributed by atoms with van der Waals surface area (Å²) in [5, 5.41) is 1.09. The van der Waals surface area contributed by atoms with Crippen molar-refractivity contribution in [2.45, 2.75) is 30.4 Å². The second kappa shape index (κ2) is 7.80. The molecule has 1 heterocycles. The highest BCUT2D eigenvalue weighted by Crippen LogP contribution is 2.32. The van der Waals surface area contributed by atoms with Gasteiger partial charge in [0.15, 0.2) is 9.84 Å². The maximum absolute atomic E-state index is 12.8. The molecule has 1 aromatic heterocycles. The van der Waals surface area contributed by atoms with Crippen LogP contribution in [0.4, 0.5) is 0 Å². The number of sulfone groups is 1. The molecule has 4 heteroatoms. The van der Waals surface area contributed by atoms with Crippen LogP contribution < -0.4 is 0 Å². The van der Waals surface area contributed by atoms with Gasteiger partial charge >= 0.3 is 0 Å². The van der Waals surface area contributed by atoms with E-state index in [0.717, 1.165) is 27.6 Å². The molecule has 0 fully saturated rings. The highest BCUT2D eigenvalue weighted by molar-refractivity contribution is 7.90. The number of nitrogens with zero attached hydrogens (tertiary/aromatic N) is 1. The Morgan fingerprint density at radius 1 is 0.862 bits per heavy atom. The minimum Gasteiger partial charge on any atom is -0.256 e. The molecule has 0 atom stereocenters. The monoisotopic (exact) mass is 401 g/mol. The largest absolute Gasteiger partial charge is 0.256 e. The van der Waals surface area contributed by atoms with Gasteiger partial charge < -0.3 is 0 Å². The first-order chi connectivity index (χ1) is 13.9. The van der Waals surface area contributed by atoms with Gasteiger partial charge in [-0.25, -0.2) is 8.42 Å². The molecule has 0 bridgehead atoms. The van der Waals surface area contributed by atoms with E-state index in [1.807, 2.05) is 36.4 Å². The second-order valence-corrected chi connectivity index (χ2v) is 9.56. The van der Waals surface area contributed by atoms with E-state index in [-0.39, 0.29) is 5.75 Å². The maximum Gasteiger partial charge on any atom is 0.182 e. The molecule has 3 nitrogen and oxygen atoms in total. The van der Waals surface area contributed by atoms with E-state index in [2.05, 4.69) is 37.0 Å². The molecule has 0 saturated heterocycles. The molecular formula is C25H23NO2S. The van der Waals surface area contributed by atoms with E-state index in [4.69, 9.17) is 0 Å². The fourth-order valence-corrected chi connectivity index (χ4v) is 4.88. The summed E-state index contributed by atoms with van der Waals surface area (Å²) < 4.78 is 25.6.